The molecule has 154 valence electrons. The molecule has 0 bridgehead atoms. The molecule has 30 heavy (non-hydrogen) atoms. The Balaban J connectivity index is 1.56. The van der Waals surface area contributed by atoms with E-state index in [2.05, 4.69) is 15.5 Å². The van der Waals surface area contributed by atoms with E-state index in [-0.39, 0.29) is 5.69 Å². The summed E-state index contributed by atoms with van der Waals surface area (Å²) in [6.07, 6.45) is 6.45. The molecular formula is C23H23F2N5. The van der Waals surface area contributed by atoms with Gasteiger partial charge in [-0.25, -0.2) is 13.5 Å². The normalized spacial score (nSPS) is 11.2. The van der Waals surface area contributed by atoms with E-state index in [1.807, 2.05) is 48.1 Å². The summed E-state index contributed by atoms with van der Waals surface area (Å²) in [5.41, 5.74) is 4.04. The fourth-order valence-electron chi connectivity index (χ4n) is 3.42. The van der Waals surface area contributed by atoms with Crippen molar-refractivity contribution in [3.05, 3.63) is 89.9 Å². The highest BCUT2D eigenvalue weighted by Crippen LogP contribution is 2.27. The lowest BCUT2D eigenvalue weighted by atomic mass is 10.0. The topological polar surface area (TPSA) is 47.7 Å². The van der Waals surface area contributed by atoms with Crippen LogP contribution in [0.4, 0.5) is 8.78 Å². The highest BCUT2D eigenvalue weighted by molar-refractivity contribution is 5.66. The third-order valence-corrected chi connectivity index (χ3v) is 4.96. The molecule has 0 aliphatic rings. The van der Waals surface area contributed by atoms with E-state index >= 15 is 0 Å². The average molecular weight is 407 g/mol. The van der Waals surface area contributed by atoms with E-state index < -0.39 is 11.6 Å². The van der Waals surface area contributed by atoms with Crippen LogP contribution in [0.15, 0.2) is 67.1 Å². The summed E-state index contributed by atoms with van der Waals surface area (Å²) in [5, 5.41) is 12.3. The van der Waals surface area contributed by atoms with E-state index in [9.17, 15) is 8.78 Å². The molecule has 0 fully saturated rings. The molecule has 2 heterocycles. The Hall–Kier alpha value is -3.32. The lowest BCUT2D eigenvalue weighted by Crippen LogP contribution is -2.16. The van der Waals surface area contributed by atoms with Crippen molar-refractivity contribution < 1.29 is 8.78 Å². The van der Waals surface area contributed by atoms with Crippen molar-refractivity contribution in [2.45, 2.75) is 26.4 Å². The van der Waals surface area contributed by atoms with Crippen LogP contribution in [0.5, 0.6) is 0 Å². The number of rotatable bonds is 8. The first-order chi connectivity index (χ1) is 14.6. The van der Waals surface area contributed by atoms with Crippen molar-refractivity contribution in [3.8, 4) is 16.9 Å². The number of aromatic nitrogens is 4. The zero-order valence-corrected chi connectivity index (χ0v) is 16.7. The Bertz CT molecular complexity index is 1120. The first kappa shape index (κ1) is 20.0. The maximum Gasteiger partial charge on any atom is 0.151 e. The molecular weight excluding hydrogens is 384 g/mol. The molecule has 0 aliphatic carbocycles. The van der Waals surface area contributed by atoms with Crippen LogP contribution in [0.25, 0.3) is 16.9 Å². The Morgan fingerprint density at radius 2 is 1.93 bits per heavy atom. The van der Waals surface area contributed by atoms with Gasteiger partial charge in [0.1, 0.15) is 11.5 Å². The molecule has 0 unspecified atom stereocenters. The summed E-state index contributed by atoms with van der Waals surface area (Å²) in [6, 6.07) is 13.4. The van der Waals surface area contributed by atoms with E-state index in [1.54, 1.807) is 12.4 Å². The quantitative estimate of drug-likeness (QED) is 0.438. The van der Waals surface area contributed by atoms with Gasteiger partial charge in [-0.15, -0.1) is 0 Å². The van der Waals surface area contributed by atoms with Crippen LogP contribution in [0.1, 0.15) is 17.5 Å². The van der Waals surface area contributed by atoms with E-state index in [1.165, 1.54) is 16.8 Å². The SMILES string of the molecule is Cc1ccccc1-c1nn(-c2ccc(F)cc2F)cc1CNCCCn1cccn1. The van der Waals surface area contributed by atoms with Crippen molar-refractivity contribution in [1.29, 1.82) is 0 Å². The van der Waals surface area contributed by atoms with Crippen LogP contribution < -0.4 is 5.32 Å². The molecule has 0 radical (unpaired) electrons. The maximum absolute atomic E-state index is 14.3. The Morgan fingerprint density at radius 3 is 2.70 bits per heavy atom. The van der Waals surface area contributed by atoms with Gasteiger partial charge in [0, 0.05) is 48.9 Å². The first-order valence-electron chi connectivity index (χ1n) is 9.90. The number of hydrogen-bond donors (Lipinski definition) is 1. The number of halogens is 2. The van der Waals surface area contributed by atoms with Gasteiger partial charge in [0.05, 0.1) is 5.69 Å². The minimum absolute atomic E-state index is 0.219. The fraction of sp³-hybridized carbons (Fsp3) is 0.217. The lowest BCUT2D eigenvalue weighted by molar-refractivity contribution is 0.543. The molecule has 0 aliphatic heterocycles. The Kier molecular flexibility index (Phi) is 5.99. The van der Waals surface area contributed by atoms with Gasteiger partial charge in [0.25, 0.3) is 0 Å². The van der Waals surface area contributed by atoms with Crippen LogP contribution in [0.3, 0.4) is 0 Å². The summed E-state index contributed by atoms with van der Waals surface area (Å²) in [6.45, 7) is 4.26. The second-order valence-electron chi connectivity index (χ2n) is 7.16. The second-order valence-corrected chi connectivity index (χ2v) is 7.16. The largest absolute Gasteiger partial charge is 0.312 e. The first-order valence-corrected chi connectivity index (χ1v) is 9.90. The zero-order valence-electron chi connectivity index (χ0n) is 16.7. The van der Waals surface area contributed by atoms with Crippen LogP contribution in [-0.4, -0.2) is 26.1 Å². The van der Waals surface area contributed by atoms with Crippen molar-refractivity contribution >= 4 is 0 Å². The number of nitrogens with zero attached hydrogens (tertiary/aromatic N) is 4. The maximum atomic E-state index is 14.3. The fourth-order valence-corrected chi connectivity index (χ4v) is 3.42. The van der Waals surface area contributed by atoms with Crippen molar-refractivity contribution in [1.82, 2.24) is 24.9 Å². The lowest BCUT2D eigenvalue weighted by Gasteiger charge is -2.07. The molecule has 0 spiro atoms. The average Bonchev–Trinajstić information content (AvgIpc) is 3.38. The van der Waals surface area contributed by atoms with Crippen molar-refractivity contribution in [2.24, 2.45) is 0 Å². The van der Waals surface area contributed by atoms with Gasteiger partial charge in [0.2, 0.25) is 0 Å². The molecule has 4 rings (SSSR count). The molecule has 1 N–H and O–H groups in total. The zero-order chi connectivity index (χ0) is 20.9. The minimum Gasteiger partial charge on any atom is -0.312 e. The third kappa shape index (κ3) is 4.46. The van der Waals surface area contributed by atoms with Crippen molar-refractivity contribution in [3.63, 3.8) is 0 Å². The molecule has 0 saturated heterocycles. The molecule has 4 aromatic rings. The summed E-state index contributed by atoms with van der Waals surface area (Å²) in [7, 11) is 0. The monoisotopic (exact) mass is 407 g/mol. The van der Waals surface area contributed by atoms with Crippen LogP contribution >= 0.6 is 0 Å². The van der Waals surface area contributed by atoms with Crippen LogP contribution in [0, 0.1) is 18.6 Å². The van der Waals surface area contributed by atoms with Crippen molar-refractivity contribution in [2.75, 3.05) is 6.54 Å². The predicted octanol–water partition coefficient (Wildman–Crippen LogP) is 4.50. The predicted molar refractivity (Wildman–Crippen MR) is 112 cm³/mol. The molecule has 2 aromatic carbocycles. The summed E-state index contributed by atoms with van der Waals surface area (Å²) in [4.78, 5) is 0. The highest BCUT2D eigenvalue weighted by Gasteiger charge is 2.16. The Morgan fingerprint density at radius 1 is 1.07 bits per heavy atom. The van der Waals surface area contributed by atoms with E-state index in [4.69, 9.17) is 0 Å². The number of benzene rings is 2. The van der Waals surface area contributed by atoms with Gasteiger partial charge >= 0.3 is 0 Å². The third-order valence-electron chi connectivity index (χ3n) is 4.96. The molecule has 0 amide bonds. The summed E-state index contributed by atoms with van der Waals surface area (Å²) in [5.74, 6) is -1.26. The smallest absolute Gasteiger partial charge is 0.151 e. The van der Waals surface area contributed by atoms with Gasteiger partial charge < -0.3 is 5.32 Å². The van der Waals surface area contributed by atoms with Gasteiger partial charge in [-0.3, -0.25) is 4.68 Å². The number of nitrogens with one attached hydrogen (secondary N) is 1. The molecule has 0 atom stereocenters. The summed E-state index contributed by atoms with van der Waals surface area (Å²) >= 11 is 0. The minimum atomic E-state index is -0.646. The summed E-state index contributed by atoms with van der Waals surface area (Å²) < 4.78 is 31.0. The van der Waals surface area contributed by atoms with E-state index in [0.717, 1.165) is 48.0 Å². The second kappa shape index (κ2) is 9.00. The number of hydrogen-bond acceptors (Lipinski definition) is 3. The Labute approximate surface area is 174 Å². The standard InChI is InChI=1S/C23H23F2N5/c1-17-6-2-3-7-20(17)23-18(15-26-10-4-12-29-13-5-11-27-29)16-30(28-23)22-9-8-19(24)14-21(22)25/h2-3,5-9,11,13-14,16,26H,4,10,12,15H2,1H3. The highest BCUT2D eigenvalue weighted by atomic mass is 19.1. The molecule has 2 aromatic heterocycles. The van der Waals surface area contributed by atoms with Crippen LogP contribution in [0.2, 0.25) is 0 Å². The van der Waals surface area contributed by atoms with Gasteiger partial charge in [-0.1, -0.05) is 24.3 Å². The molecule has 0 saturated carbocycles. The van der Waals surface area contributed by atoms with Gasteiger partial charge in [-0.05, 0) is 43.7 Å². The van der Waals surface area contributed by atoms with E-state index in [0.29, 0.717) is 6.54 Å². The molecule has 7 heteroatoms. The van der Waals surface area contributed by atoms with Gasteiger partial charge in [0.15, 0.2) is 5.82 Å². The number of aryl methyl sites for hydroxylation is 2. The molecule has 5 nitrogen and oxygen atoms in total. The van der Waals surface area contributed by atoms with Crippen LogP contribution in [-0.2, 0) is 13.1 Å². The van der Waals surface area contributed by atoms with Gasteiger partial charge in [-0.2, -0.15) is 10.2 Å².